The van der Waals surface area contributed by atoms with Gasteiger partial charge in [-0.1, -0.05) is 42.5 Å². The van der Waals surface area contributed by atoms with Crippen molar-refractivity contribution < 1.29 is 9.90 Å². The maximum absolute atomic E-state index is 13.0. The molecular weight excluding hydrogens is 328 g/mol. The topological polar surface area (TPSA) is 71.3 Å². The molecule has 2 N–H and O–H groups in total. The van der Waals surface area contributed by atoms with Crippen molar-refractivity contribution in [1.29, 1.82) is 0 Å². The Hall–Kier alpha value is -3.08. The van der Waals surface area contributed by atoms with Crippen LogP contribution in [0.3, 0.4) is 0 Å². The van der Waals surface area contributed by atoms with Gasteiger partial charge in [0.2, 0.25) is 0 Å². The van der Waals surface area contributed by atoms with Gasteiger partial charge in [0.05, 0.1) is 5.52 Å². The number of hydrogen-bond acceptors (Lipinski definition) is 3. The van der Waals surface area contributed by atoms with Crippen molar-refractivity contribution in [1.82, 2.24) is 9.88 Å². The first-order valence-electron chi connectivity index (χ1n) is 8.79. The Morgan fingerprint density at radius 2 is 1.96 bits per heavy atom. The zero-order valence-corrected chi connectivity index (χ0v) is 14.5. The molecule has 1 atom stereocenters. The molecule has 0 fully saturated rings. The molecule has 26 heavy (non-hydrogen) atoms. The summed E-state index contributed by atoms with van der Waals surface area (Å²) in [5.74, 6) is -0.784. The Morgan fingerprint density at radius 3 is 2.73 bits per heavy atom. The minimum atomic E-state index is -0.551. The van der Waals surface area contributed by atoms with Crippen molar-refractivity contribution >= 4 is 16.8 Å². The smallest absolute Gasteiger partial charge is 0.267 e. The van der Waals surface area contributed by atoms with Crippen LogP contribution >= 0.6 is 0 Å². The number of benzene rings is 2. The number of rotatable bonds is 3. The first-order valence-corrected chi connectivity index (χ1v) is 8.79. The van der Waals surface area contributed by atoms with E-state index in [0.29, 0.717) is 11.9 Å². The fourth-order valence-electron chi connectivity index (χ4n) is 3.71. The van der Waals surface area contributed by atoms with E-state index < -0.39 is 11.5 Å². The van der Waals surface area contributed by atoms with Gasteiger partial charge in [-0.15, -0.1) is 0 Å². The Labute approximate surface area is 150 Å². The van der Waals surface area contributed by atoms with Gasteiger partial charge in [-0.25, -0.2) is 0 Å². The van der Waals surface area contributed by atoms with Gasteiger partial charge < -0.3 is 15.0 Å². The second kappa shape index (κ2) is 6.33. The maximum atomic E-state index is 13.0. The number of carbonyl (C=O) groups is 1. The third kappa shape index (κ3) is 2.56. The predicted octanol–water partition coefficient (Wildman–Crippen LogP) is 3.14. The highest BCUT2D eigenvalue weighted by atomic mass is 16.3. The molecule has 1 unspecified atom stereocenters. The molecule has 0 spiro atoms. The van der Waals surface area contributed by atoms with Gasteiger partial charge in [-0.05, 0) is 37.0 Å². The minimum absolute atomic E-state index is 0.0128. The van der Waals surface area contributed by atoms with E-state index in [1.165, 1.54) is 0 Å². The second-order valence-corrected chi connectivity index (χ2v) is 6.77. The third-order valence-electron chi connectivity index (χ3n) is 5.08. The molecule has 2 heterocycles. The zero-order chi connectivity index (χ0) is 18.3. The maximum Gasteiger partial charge on any atom is 0.267 e. The van der Waals surface area contributed by atoms with Crippen LogP contribution in [0.5, 0.6) is 5.75 Å². The summed E-state index contributed by atoms with van der Waals surface area (Å²) in [4.78, 5) is 25.7. The van der Waals surface area contributed by atoms with Gasteiger partial charge >= 0.3 is 0 Å². The molecule has 0 radical (unpaired) electrons. The molecule has 1 amide bonds. The van der Waals surface area contributed by atoms with Crippen LogP contribution < -0.4 is 10.9 Å². The Morgan fingerprint density at radius 1 is 1.19 bits per heavy atom. The summed E-state index contributed by atoms with van der Waals surface area (Å²) in [5, 5.41) is 14.0. The third-order valence-corrected chi connectivity index (χ3v) is 5.08. The zero-order valence-electron chi connectivity index (χ0n) is 14.5. The van der Waals surface area contributed by atoms with E-state index in [4.69, 9.17) is 0 Å². The van der Waals surface area contributed by atoms with Crippen LogP contribution in [0.2, 0.25) is 0 Å². The number of pyridine rings is 1. The second-order valence-electron chi connectivity index (χ2n) is 6.77. The molecule has 1 aliphatic heterocycles. The molecule has 2 aromatic carbocycles. The van der Waals surface area contributed by atoms with Crippen molar-refractivity contribution in [3.05, 3.63) is 75.6 Å². The largest absolute Gasteiger partial charge is 0.506 e. The average Bonchev–Trinajstić information content (AvgIpc) is 2.66. The Kier molecular flexibility index (Phi) is 3.99. The van der Waals surface area contributed by atoms with E-state index in [-0.39, 0.29) is 17.4 Å². The fraction of sp³-hybridized carbons (Fsp3) is 0.238. The number of aromatic hydroxyl groups is 1. The quantitative estimate of drug-likeness (QED) is 0.764. The lowest BCUT2D eigenvalue weighted by molar-refractivity contribution is 0.0946. The van der Waals surface area contributed by atoms with Gasteiger partial charge in [0.15, 0.2) is 0 Å². The molecular formula is C21H20N2O3. The van der Waals surface area contributed by atoms with Crippen LogP contribution in [0.15, 0.2) is 53.3 Å². The van der Waals surface area contributed by atoms with Crippen LogP contribution in [-0.4, -0.2) is 15.6 Å². The van der Waals surface area contributed by atoms with Crippen molar-refractivity contribution in [2.45, 2.75) is 32.4 Å². The monoisotopic (exact) mass is 348 g/mol. The lowest BCUT2D eigenvalue weighted by Gasteiger charge is -2.26. The SMILES string of the molecule is CC1CCc2cccc3c(O)c(C(=O)NCc4ccccc4)c(=O)n1c23. The van der Waals surface area contributed by atoms with E-state index in [1.807, 2.05) is 49.4 Å². The number of nitrogens with zero attached hydrogens (tertiary/aromatic N) is 1. The number of para-hydroxylation sites is 1. The van der Waals surface area contributed by atoms with Gasteiger partial charge in [-0.2, -0.15) is 0 Å². The van der Waals surface area contributed by atoms with Crippen molar-refractivity contribution in [3.8, 4) is 5.75 Å². The summed E-state index contributed by atoms with van der Waals surface area (Å²) >= 11 is 0. The van der Waals surface area contributed by atoms with Crippen LogP contribution in [0, 0.1) is 0 Å². The molecule has 0 saturated carbocycles. The highest BCUT2D eigenvalue weighted by Gasteiger charge is 2.27. The first kappa shape index (κ1) is 16.4. The molecule has 4 rings (SSSR count). The summed E-state index contributed by atoms with van der Waals surface area (Å²) in [6.45, 7) is 2.27. The van der Waals surface area contributed by atoms with Crippen molar-refractivity contribution in [2.24, 2.45) is 0 Å². The molecule has 5 nitrogen and oxygen atoms in total. The molecule has 3 aromatic rings. The lowest BCUT2D eigenvalue weighted by atomic mass is 9.95. The molecule has 1 aromatic heterocycles. The first-order chi connectivity index (χ1) is 12.6. The summed E-state index contributed by atoms with van der Waals surface area (Å²) in [7, 11) is 0. The van der Waals surface area contributed by atoms with Gasteiger partial charge in [0, 0.05) is 18.0 Å². The van der Waals surface area contributed by atoms with E-state index >= 15 is 0 Å². The van der Waals surface area contributed by atoms with Gasteiger partial charge in [0.25, 0.3) is 11.5 Å². The number of amides is 1. The van der Waals surface area contributed by atoms with Crippen LogP contribution in [0.1, 0.15) is 40.9 Å². The fourth-order valence-corrected chi connectivity index (χ4v) is 3.71. The molecule has 132 valence electrons. The van der Waals surface area contributed by atoms with E-state index in [9.17, 15) is 14.7 Å². The van der Waals surface area contributed by atoms with Crippen LogP contribution in [-0.2, 0) is 13.0 Å². The predicted molar refractivity (Wildman–Crippen MR) is 101 cm³/mol. The minimum Gasteiger partial charge on any atom is -0.506 e. The summed E-state index contributed by atoms with van der Waals surface area (Å²) in [6, 6.07) is 15.0. The molecule has 1 aliphatic rings. The molecule has 0 aliphatic carbocycles. The average molecular weight is 348 g/mol. The van der Waals surface area contributed by atoms with Crippen LogP contribution in [0.25, 0.3) is 10.9 Å². The van der Waals surface area contributed by atoms with Crippen molar-refractivity contribution in [3.63, 3.8) is 0 Å². The number of nitrogens with one attached hydrogen (secondary N) is 1. The molecule has 0 bridgehead atoms. The van der Waals surface area contributed by atoms with E-state index in [2.05, 4.69) is 5.32 Å². The summed E-state index contributed by atoms with van der Waals surface area (Å²) in [5.41, 5.74) is 2.09. The lowest BCUT2D eigenvalue weighted by Crippen LogP contribution is -2.35. The number of aryl methyl sites for hydroxylation is 1. The number of aromatic nitrogens is 1. The number of hydrogen-bond donors (Lipinski definition) is 2. The standard InChI is InChI=1S/C21H20N2O3/c1-13-10-11-15-8-5-9-16-18(15)23(13)21(26)17(19(16)24)20(25)22-12-14-6-3-2-4-7-14/h2-9,13,24H,10-12H2,1H3,(H,22,25). The van der Waals surface area contributed by atoms with Crippen LogP contribution in [0.4, 0.5) is 0 Å². The summed E-state index contributed by atoms with van der Waals surface area (Å²) < 4.78 is 1.66. The van der Waals surface area contributed by atoms with E-state index in [0.717, 1.165) is 29.5 Å². The number of carbonyl (C=O) groups excluding carboxylic acids is 1. The summed E-state index contributed by atoms with van der Waals surface area (Å²) in [6.07, 6.45) is 1.69. The van der Waals surface area contributed by atoms with Crippen molar-refractivity contribution in [2.75, 3.05) is 0 Å². The highest BCUT2D eigenvalue weighted by Crippen LogP contribution is 2.34. The normalized spacial score (nSPS) is 15.8. The Bertz CT molecular complexity index is 1050. The highest BCUT2D eigenvalue weighted by molar-refractivity contribution is 6.03. The molecule has 5 heteroatoms. The van der Waals surface area contributed by atoms with Gasteiger partial charge in [-0.3, -0.25) is 9.59 Å². The Balaban J connectivity index is 1.81. The van der Waals surface area contributed by atoms with Gasteiger partial charge in [0.1, 0.15) is 11.3 Å². The van der Waals surface area contributed by atoms with E-state index in [1.54, 1.807) is 10.6 Å². The molecule has 0 saturated heterocycles.